The van der Waals surface area contributed by atoms with E-state index in [0.29, 0.717) is 0 Å². The minimum atomic E-state index is 0.908. The van der Waals surface area contributed by atoms with Gasteiger partial charge in [-0.05, 0) is 13.0 Å². The van der Waals surface area contributed by atoms with E-state index in [1.165, 1.54) is 15.0 Å². The third-order valence-electron chi connectivity index (χ3n) is 1.70. The molecule has 2 rings (SSSR count). The van der Waals surface area contributed by atoms with E-state index in [2.05, 4.69) is 12.1 Å². The maximum absolute atomic E-state index is 6.05. The van der Waals surface area contributed by atoms with E-state index in [9.17, 15) is 0 Å². The molecule has 0 N–H and O–H groups in total. The third-order valence-corrected chi connectivity index (χ3v) is 3.38. The molecule has 1 aromatic carbocycles. The van der Waals surface area contributed by atoms with Crippen LogP contribution >= 0.6 is 22.9 Å². The van der Waals surface area contributed by atoms with Crippen molar-refractivity contribution in [1.82, 2.24) is 0 Å². The fourth-order valence-corrected chi connectivity index (χ4v) is 2.43. The highest BCUT2D eigenvalue weighted by Gasteiger charge is 2.03. The molecule has 0 aliphatic heterocycles. The van der Waals surface area contributed by atoms with Crippen molar-refractivity contribution in [3.8, 4) is 0 Å². The van der Waals surface area contributed by atoms with Gasteiger partial charge in [-0.2, -0.15) is 0 Å². The molecule has 56 valence electrons. The molecule has 0 aliphatic carbocycles. The Kier molecular flexibility index (Phi) is 1.63. The van der Waals surface area contributed by atoms with Crippen LogP contribution in [0.2, 0.25) is 5.02 Å². The number of aryl methyl sites for hydroxylation is 1. The molecule has 2 heteroatoms. The molecule has 0 aliphatic rings. The summed E-state index contributed by atoms with van der Waals surface area (Å²) < 4.78 is 1.27. The van der Waals surface area contributed by atoms with Gasteiger partial charge in [0.1, 0.15) is 0 Å². The first-order chi connectivity index (χ1) is 5.29. The maximum atomic E-state index is 6.05. The average molecular weight is 183 g/mol. The highest BCUT2D eigenvalue weighted by Crippen LogP contribution is 2.33. The second-order valence-electron chi connectivity index (χ2n) is 2.47. The maximum Gasteiger partial charge on any atom is 0.0620 e. The summed E-state index contributed by atoms with van der Waals surface area (Å²) in [6, 6.07) is 8.20. The molecule has 0 nitrogen and oxygen atoms in total. The van der Waals surface area contributed by atoms with Crippen molar-refractivity contribution in [3.05, 3.63) is 34.2 Å². The van der Waals surface area contributed by atoms with Crippen LogP contribution in [-0.4, -0.2) is 0 Å². The van der Waals surface area contributed by atoms with Crippen molar-refractivity contribution in [2.75, 3.05) is 0 Å². The van der Waals surface area contributed by atoms with Crippen molar-refractivity contribution >= 4 is 33.0 Å². The minimum Gasteiger partial charge on any atom is -0.139 e. The first-order valence-electron chi connectivity index (χ1n) is 3.42. The first kappa shape index (κ1) is 7.14. The van der Waals surface area contributed by atoms with Crippen LogP contribution in [0.4, 0.5) is 0 Å². The van der Waals surface area contributed by atoms with E-state index in [4.69, 9.17) is 11.6 Å². The molecule has 0 bridgehead atoms. The summed E-state index contributed by atoms with van der Waals surface area (Å²) in [6.07, 6.45) is 0. The summed E-state index contributed by atoms with van der Waals surface area (Å²) in [5.41, 5.74) is 0. The Bertz CT molecular complexity index is 389. The van der Waals surface area contributed by atoms with Gasteiger partial charge in [0.25, 0.3) is 0 Å². The molecule has 1 aromatic heterocycles. The summed E-state index contributed by atoms with van der Waals surface area (Å²) in [7, 11) is 0. The van der Waals surface area contributed by atoms with E-state index in [0.717, 1.165) is 5.02 Å². The van der Waals surface area contributed by atoms with Crippen LogP contribution in [0.3, 0.4) is 0 Å². The van der Waals surface area contributed by atoms with E-state index >= 15 is 0 Å². The van der Waals surface area contributed by atoms with E-state index < -0.39 is 0 Å². The van der Waals surface area contributed by atoms with Crippen molar-refractivity contribution < 1.29 is 0 Å². The predicted octanol–water partition coefficient (Wildman–Crippen LogP) is 3.86. The van der Waals surface area contributed by atoms with Crippen LogP contribution in [0.15, 0.2) is 24.3 Å². The Labute approximate surface area is 74.4 Å². The summed E-state index contributed by atoms with van der Waals surface area (Å²) >= 11 is 7.80. The molecule has 0 saturated carbocycles. The molecule has 0 unspecified atom stereocenters. The number of hydrogen-bond donors (Lipinski definition) is 0. The van der Waals surface area contributed by atoms with Crippen LogP contribution in [0.25, 0.3) is 10.1 Å². The number of hydrogen-bond acceptors (Lipinski definition) is 1. The van der Waals surface area contributed by atoms with Gasteiger partial charge in [0.05, 0.1) is 5.02 Å². The molecular weight excluding hydrogens is 176 g/mol. The average Bonchev–Trinajstić information content (AvgIpc) is 2.30. The molecule has 0 fully saturated rings. The molecule has 0 amide bonds. The molecule has 0 saturated heterocycles. The Morgan fingerprint density at radius 2 is 2.00 bits per heavy atom. The summed E-state index contributed by atoms with van der Waals surface area (Å²) in [4.78, 5) is 1.20. The quantitative estimate of drug-likeness (QED) is 0.581. The highest BCUT2D eigenvalue weighted by atomic mass is 35.5. The molecule has 2 aromatic rings. The predicted molar refractivity (Wildman–Crippen MR) is 51.6 cm³/mol. The number of rotatable bonds is 0. The van der Waals surface area contributed by atoms with Gasteiger partial charge in [0.2, 0.25) is 0 Å². The minimum absolute atomic E-state index is 0.908. The van der Waals surface area contributed by atoms with Gasteiger partial charge in [-0.3, -0.25) is 0 Å². The van der Waals surface area contributed by atoms with Crippen LogP contribution < -0.4 is 0 Å². The zero-order valence-corrected chi connectivity index (χ0v) is 7.67. The van der Waals surface area contributed by atoms with Crippen molar-refractivity contribution in [2.45, 2.75) is 6.92 Å². The second kappa shape index (κ2) is 2.50. The van der Waals surface area contributed by atoms with Gasteiger partial charge in [-0.25, -0.2) is 0 Å². The van der Waals surface area contributed by atoms with Crippen LogP contribution in [0.5, 0.6) is 0 Å². The highest BCUT2D eigenvalue weighted by molar-refractivity contribution is 7.19. The van der Waals surface area contributed by atoms with Gasteiger partial charge >= 0.3 is 0 Å². The van der Waals surface area contributed by atoms with Crippen LogP contribution in [0.1, 0.15) is 4.88 Å². The standard InChI is InChI=1S/C9H7ClS/c1-6-9(10)7-4-2-3-5-8(7)11-6/h2-5H,1H3. The lowest BCUT2D eigenvalue weighted by Crippen LogP contribution is -1.61. The van der Waals surface area contributed by atoms with E-state index in [1.54, 1.807) is 11.3 Å². The smallest absolute Gasteiger partial charge is 0.0620 e. The molecular formula is C9H7ClS. The Morgan fingerprint density at radius 3 is 2.73 bits per heavy atom. The Hall–Kier alpha value is -0.530. The van der Waals surface area contributed by atoms with Gasteiger partial charge in [0.15, 0.2) is 0 Å². The molecule has 11 heavy (non-hydrogen) atoms. The van der Waals surface area contributed by atoms with Crippen molar-refractivity contribution in [1.29, 1.82) is 0 Å². The Balaban J connectivity index is 2.92. The topological polar surface area (TPSA) is 0 Å². The lowest BCUT2D eigenvalue weighted by molar-refractivity contribution is 1.65. The molecule has 0 spiro atoms. The number of thiophene rings is 1. The zero-order valence-electron chi connectivity index (χ0n) is 6.10. The molecule has 1 heterocycles. The van der Waals surface area contributed by atoms with Gasteiger partial charge < -0.3 is 0 Å². The summed E-state index contributed by atoms with van der Waals surface area (Å²) in [5.74, 6) is 0. The summed E-state index contributed by atoms with van der Waals surface area (Å²) in [6.45, 7) is 2.05. The van der Waals surface area contributed by atoms with E-state index in [-0.39, 0.29) is 0 Å². The SMILES string of the molecule is Cc1sc2ccccc2c1Cl. The fraction of sp³-hybridized carbons (Fsp3) is 0.111. The lowest BCUT2D eigenvalue weighted by Gasteiger charge is -1.86. The van der Waals surface area contributed by atoms with Gasteiger partial charge in [-0.1, -0.05) is 29.8 Å². The largest absolute Gasteiger partial charge is 0.139 e. The van der Waals surface area contributed by atoms with Crippen molar-refractivity contribution in [2.24, 2.45) is 0 Å². The summed E-state index contributed by atoms with van der Waals surface area (Å²) in [5, 5.41) is 2.09. The number of benzene rings is 1. The molecule has 0 radical (unpaired) electrons. The number of halogens is 1. The monoisotopic (exact) mass is 182 g/mol. The zero-order chi connectivity index (χ0) is 7.84. The first-order valence-corrected chi connectivity index (χ1v) is 4.62. The lowest BCUT2D eigenvalue weighted by atomic mass is 10.2. The number of fused-ring (bicyclic) bond motifs is 1. The van der Waals surface area contributed by atoms with E-state index in [1.807, 2.05) is 19.1 Å². The van der Waals surface area contributed by atoms with Crippen LogP contribution in [0, 0.1) is 6.92 Å². The van der Waals surface area contributed by atoms with Gasteiger partial charge in [-0.15, -0.1) is 11.3 Å². The van der Waals surface area contributed by atoms with Gasteiger partial charge in [0, 0.05) is 15.0 Å². The Morgan fingerprint density at radius 1 is 1.27 bits per heavy atom. The normalized spacial score (nSPS) is 10.7. The second-order valence-corrected chi connectivity index (χ2v) is 4.10. The fourth-order valence-electron chi connectivity index (χ4n) is 1.14. The molecule has 0 atom stereocenters. The third kappa shape index (κ3) is 1.05. The van der Waals surface area contributed by atoms with Crippen LogP contribution in [-0.2, 0) is 0 Å². The van der Waals surface area contributed by atoms with Crippen molar-refractivity contribution in [3.63, 3.8) is 0 Å².